The highest BCUT2D eigenvalue weighted by molar-refractivity contribution is 5.80. The molecule has 68 heavy (non-hydrogen) atoms. The van der Waals surface area contributed by atoms with E-state index in [1.165, 1.54) is 38.1 Å². The maximum absolute atomic E-state index is 13.0. The maximum Gasteiger partial charge on any atom is 0.314 e. The average molecular weight is 933 g/mol. The van der Waals surface area contributed by atoms with Crippen molar-refractivity contribution < 1.29 is 76.3 Å². The van der Waals surface area contributed by atoms with Crippen molar-refractivity contribution in [2.45, 2.75) is 90.9 Å². The van der Waals surface area contributed by atoms with Gasteiger partial charge in [-0.2, -0.15) is 0 Å². The molecule has 4 aromatic rings. The molecule has 3 fully saturated rings. The molecular formula is C52H52O16. The normalized spacial score (nSPS) is 21.1. The van der Waals surface area contributed by atoms with Crippen molar-refractivity contribution in [1.82, 2.24) is 0 Å². The molecule has 0 unspecified atom stereocenters. The first kappa shape index (κ1) is 48.6. The third-order valence-electron chi connectivity index (χ3n) is 12.3. The Balaban J connectivity index is 0.762. The molecule has 16 heteroatoms. The highest BCUT2D eigenvalue weighted by Crippen LogP contribution is 2.35. The average Bonchev–Trinajstić information content (AvgIpc) is 3.33. The molecule has 0 spiro atoms. The molecule has 0 saturated heterocycles. The molecule has 0 atom stereocenters. The van der Waals surface area contributed by atoms with Crippen LogP contribution in [-0.4, -0.2) is 47.8 Å². The molecule has 0 radical (unpaired) electrons. The van der Waals surface area contributed by atoms with E-state index in [0.717, 1.165) is 0 Å². The maximum atomic E-state index is 13.0. The Hall–Kier alpha value is -7.36. The van der Waals surface area contributed by atoms with Crippen LogP contribution in [0.1, 0.15) is 90.9 Å². The molecule has 3 saturated carbocycles. The van der Waals surface area contributed by atoms with Gasteiger partial charge in [-0.1, -0.05) is 0 Å². The zero-order valence-corrected chi connectivity index (χ0v) is 37.7. The van der Waals surface area contributed by atoms with E-state index >= 15 is 0 Å². The summed E-state index contributed by atoms with van der Waals surface area (Å²) in [5.41, 5.74) is 0. The summed E-state index contributed by atoms with van der Waals surface area (Å²) in [7, 11) is 0. The van der Waals surface area contributed by atoms with Crippen molar-refractivity contribution in [2.24, 2.45) is 35.5 Å². The second-order valence-corrected chi connectivity index (χ2v) is 17.2. The monoisotopic (exact) mass is 932 g/mol. The molecule has 7 rings (SSSR count). The predicted octanol–water partition coefficient (Wildman–Crippen LogP) is 8.49. The van der Waals surface area contributed by atoms with Gasteiger partial charge in [0.15, 0.2) is 0 Å². The fourth-order valence-corrected chi connectivity index (χ4v) is 8.53. The minimum absolute atomic E-state index is 0.291. The number of benzene rings is 4. The van der Waals surface area contributed by atoms with E-state index in [9.17, 15) is 38.4 Å². The minimum Gasteiger partial charge on any atom is -0.427 e. The van der Waals surface area contributed by atoms with E-state index in [1.807, 2.05) is 0 Å². The van der Waals surface area contributed by atoms with Crippen LogP contribution in [0, 0.1) is 35.5 Å². The van der Waals surface area contributed by atoms with Crippen LogP contribution in [-0.2, 0) is 38.4 Å². The van der Waals surface area contributed by atoms with Crippen LogP contribution in [0.25, 0.3) is 0 Å². The predicted molar refractivity (Wildman–Crippen MR) is 239 cm³/mol. The molecule has 0 bridgehead atoms. The molecule has 0 aromatic heterocycles. The van der Waals surface area contributed by atoms with Crippen LogP contribution in [0.4, 0.5) is 0 Å². The fourth-order valence-electron chi connectivity index (χ4n) is 8.53. The van der Waals surface area contributed by atoms with Gasteiger partial charge in [0.05, 0.1) is 35.5 Å². The summed E-state index contributed by atoms with van der Waals surface area (Å²) in [5, 5.41) is 0. The molecule has 4 aromatic carbocycles. The van der Waals surface area contributed by atoms with Gasteiger partial charge >= 0.3 is 47.8 Å². The summed E-state index contributed by atoms with van der Waals surface area (Å²) in [6, 6.07) is 24.7. The fraction of sp³-hybridized carbons (Fsp3) is 0.385. The number of carbonyl (C=O) groups is 8. The highest BCUT2D eigenvalue weighted by Gasteiger charge is 2.35. The summed E-state index contributed by atoms with van der Waals surface area (Å²) in [5.74, 6) is -3.11. The van der Waals surface area contributed by atoms with Crippen LogP contribution in [0.15, 0.2) is 97.1 Å². The zero-order valence-electron chi connectivity index (χ0n) is 37.7. The number of rotatable bonds is 14. The van der Waals surface area contributed by atoms with Gasteiger partial charge in [-0.25, -0.2) is 0 Å². The van der Waals surface area contributed by atoms with Gasteiger partial charge in [-0.05, 0) is 174 Å². The van der Waals surface area contributed by atoms with Crippen molar-refractivity contribution in [3.8, 4) is 46.0 Å². The second kappa shape index (κ2) is 22.9. The quantitative estimate of drug-likeness (QED) is 0.0857. The van der Waals surface area contributed by atoms with Crippen molar-refractivity contribution in [3.63, 3.8) is 0 Å². The van der Waals surface area contributed by atoms with Crippen molar-refractivity contribution in [3.05, 3.63) is 97.1 Å². The first-order chi connectivity index (χ1) is 32.7. The van der Waals surface area contributed by atoms with Crippen LogP contribution in [0.5, 0.6) is 46.0 Å². The van der Waals surface area contributed by atoms with Crippen LogP contribution in [0.3, 0.4) is 0 Å². The first-order valence-corrected chi connectivity index (χ1v) is 22.8. The SMILES string of the molecule is CC(=O)Oc1ccc(OC(=O)C2CCC(C(=O)Oc3ccc(OC(=O)C4CCC(C(=O)Oc5ccc(OC(=O)C6CCC(C(=O)Oc7ccc(OC(C)=O)cc7)CC6)cc5)CC4)cc3)CC2)cc1. The third-order valence-corrected chi connectivity index (χ3v) is 12.3. The molecule has 0 aliphatic heterocycles. The lowest BCUT2D eigenvalue weighted by Gasteiger charge is -2.26. The summed E-state index contributed by atoms with van der Waals surface area (Å²) >= 11 is 0. The molecule has 356 valence electrons. The van der Waals surface area contributed by atoms with Gasteiger partial charge in [-0.3, -0.25) is 38.4 Å². The van der Waals surface area contributed by atoms with Gasteiger partial charge in [0.2, 0.25) is 0 Å². The topological polar surface area (TPSA) is 210 Å². The first-order valence-electron chi connectivity index (χ1n) is 22.8. The van der Waals surface area contributed by atoms with E-state index in [4.69, 9.17) is 37.9 Å². The Morgan fingerprint density at radius 1 is 0.250 bits per heavy atom. The molecule has 3 aliphatic rings. The minimum atomic E-state index is -0.451. The summed E-state index contributed by atoms with van der Waals surface area (Å²) in [4.78, 5) is 99.6. The van der Waals surface area contributed by atoms with Crippen LogP contribution >= 0.6 is 0 Å². The Morgan fingerprint density at radius 2 is 0.368 bits per heavy atom. The number of hydrogen-bond donors (Lipinski definition) is 0. The lowest BCUT2D eigenvalue weighted by atomic mass is 9.82. The van der Waals surface area contributed by atoms with E-state index in [2.05, 4.69) is 0 Å². The zero-order chi connectivity index (χ0) is 48.2. The third kappa shape index (κ3) is 13.8. The van der Waals surface area contributed by atoms with Crippen molar-refractivity contribution >= 4 is 47.8 Å². The number of ether oxygens (including phenoxy) is 8. The lowest BCUT2D eigenvalue weighted by Crippen LogP contribution is -2.30. The van der Waals surface area contributed by atoms with Gasteiger partial charge < -0.3 is 37.9 Å². The van der Waals surface area contributed by atoms with Gasteiger partial charge in [-0.15, -0.1) is 0 Å². The molecule has 3 aliphatic carbocycles. The standard InChI is InChI=1S/C52H52O16/c1-31(53)61-39-15-19-41(20-16-39)63-47(55)33-3-7-35(8-4-33)49(57)65-43-23-27-45(28-24-43)67-51(59)37-11-13-38(14-12-37)52(60)68-46-29-25-44(26-30-46)66-50(58)36-9-5-34(6-10-36)48(56)64-42-21-17-40(18-22-42)62-32(2)54/h15-30,33-38H,3-14H2,1-2H3. The highest BCUT2D eigenvalue weighted by atomic mass is 16.6. The molecule has 0 amide bonds. The van der Waals surface area contributed by atoms with Crippen LogP contribution in [0.2, 0.25) is 0 Å². The summed E-state index contributed by atoms with van der Waals surface area (Å²) in [6.45, 7) is 2.59. The van der Waals surface area contributed by atoms with E-state index in [1.54, 1.807) is 72.8 Å². The smallest absolute Gasteiger partial charge is 0.314 e. The Labute approximate surface area is 392 Å². The van der Waals surface area contributed by atoms with Gasteiger partial charge in [0.25, 0.3) is 0 Å². The Bertz CT molecular complexity index is 2260. The van der Waals surface area contributed by atoms with E-state index in [0.29, 0.717) is 123 Å². The number of hydrogen-bond acceptors (Lipinski definition) is 16. The van der Waals surface area contributed by atoms with Crippen LogP contribution < -0.4 is 37.9 Å². The number of carbonyl (C=O) groups excluding carboxylic acids is 8. The molecule has 0 N–H and O–H groups in total. The van der Waals surface area contributed by atoms with Crippen molar-refractivity contribution in [2.75, 3.05) is 0 Å². The number of esters is 8. The Kier molecular flexibility index (Phi) is 16.4. The largest absolute Gasteiger partial charge is 0.427 e. The van der Waals surface area contributed by atoms with Crippen molar-refractivity contribution in [1.29, 1.82) is 0 Å². The van der Waals surface area contributed by atoms with E-state index < -0.39 is 47.7 Å². The van der Waals surface area contributed by atoms with Gasteiger partial charge in [0, 0.05) is 13.8 Å². The Morgan fingerprint density at radius 3 is 0.485 bits per heavy atom. The second-order valence-electron chi connectivity index (χ2n) is 17.2. The molecule has 16 nitrogen and oxygen atoms in total. The summed E-state index contributed by atoms with van der Waals surface area (Å²) in [6.07, 6.45) is 5.43. The molecular weight excluding hydrogens is 881 g/mol. The van der Waals surface area contributed by atoms with E-state index in [-0.39, 0.29) is 35.6 Å². The van der Waals surface area contributed by atoms with Gasteiger partial charge in [0.1, 0.15) is 46.0 Å². The summed E-state index contributed by atoms with van der Waals surface area (Å²) < 4.78 is 43.4. The lowest BCUT2D eigenvalue weighted by molar-refractivity contribution is -0.145. The molecule has 0 heterocycles.